The molecular weight excluding hydrogens is 714 g/mol. The maximum Gasteiger partial charge on any atom is -1.00 e. The Bertz CT molecular complexity index is 1530. The van der Waals surface area contributed by atoms with Gasteiger partial charge in [0.15, 0.2) is 0 Å². The monoisotopic (exact) mass is 728 g/mol. The molecule has 8 rings (SSSR count). The Labute approximate surface area is 256 Å². The first-order valence-electron chi connectivity index (χ1n) is 11.3. The third-order valence-corrected chi connectivity index (χ3v) is 13.0. The Morgan fingerprint density at radius 1 is 0.611 bits per heavy atom. The summed E-state index contributed by atoms with van der Waals surface area (Å²) in [6.45, 7) is 0. The van der Waals surface area contributed by atoms with Crippen LogP contribution in [-0.4, -0.2) is 0 Å². The van der Waals surface area contributed by atoms with Crippen LogP contribution in [0, 0.1) is 0 Å². The molecule has 0 fully saturated rings. The predicted molar refractivity (Wildman–Crippen MR) is 145 cm³/mol. The van der Waals surface area contributed by atoms with E-state index in [2.05, 4.69) is 129 Å². The molecule has 36 heavy (non-hydrogen) atoms. The van der Waals surface area contributed by atoms with Crippen molar-refractivity contribution in [1.82, 2.24) is 0 Å². The minimum Gasteiger partial charge on any atom is -1.00 e. The summed E-state index contributed by atoms with van der Waals surface area (Å²) in [4.78, 5) is 2.69. The number of allylic oxidation sites excluding steroid dienone is 2. The SMILES string of the molecule is Brc1cccc2c1C(c1ccccc1)[C]([Zr+2][C]1=Cc3c4ccc(Br)c3C1c1ccc(cc1)S4)=C2.[Cl-].[Cl-]. The second kappa shape index (κ2) is 10.7. The van der Waals surface area contributed by atoms with Crippen molar-refractivity contribution < 1.29 is 48.0 Å². The molecule has 176 valence electrons. The van der Waals surface area contributed by atoms with Gasteiger partial charge in [-0.1, -0.05) is 0 Å². The van der Waals surface area contributed by atoms with Crippen molar-refractivity contribution in [3.8, 4) is 0 Å². The van der Waals surface area contributed by atoms with E-state index >= 15 is 0 Å². The van der Waals surface area contributed by atoms with E-state index in [1.807, 2.05) is 11.8 Å². The molecule has 0 saturated carbocycles. The Hall–Kier alpha value is -0.867. The van der Waals surface area contributed by atoms with Gasteiger partial charge >= 0.3 is 234 Å². The molecular formula is C30H18Br2Cl2SZr. The van der Waals surface area contributed by atoms with Crippen LogP contribution in [0.15, 0.2) is 110 Å². The minimum absolute atomic E-state index is 0. The van der Waals surface area contributed by atoms with Crippen molar-refractivity contribution in [2.45, 2.75) is 21.6 Å². The van der Waals surface area contributed by atoms with Crippen LogP contribution in [0.1, 0.15) is 45.2 Å². The third-order valence-electron chi connectivity index (χ3n) is 6.95. The van der Waals surface area contributed by atoms with E-state index < -0.39 is 23.2 Å². The first-order valence-corrected chi connectivity index (χ1v) is 16.2. The molecule has 6 bridgehead atoms. The molecule has 2 heterocycles. The van der Waals surface area contributed by atoms with Gasteiger partial charge in [-0.2, -0.15) is 0 Å². The van der Waals surface area contributed by atoms with Gasteiger partial charge in [0.25, 0.3) is 0 Å². The van der Waals surface area contributed by atoms with E-state index in [9.17, 15) is 0 Å². The Balaban J connectivity index is 0.00000133. The van der Waals surface area contributed by atoms with Crippen LogP contribution in [0.2, 0.25) is 0 Å². The fourth-order valence-corrected chi connectivity index (χ4v) is 11.8. The van der Waals surface area contributed by atoms with E-state index in [0.29, 0.717) is 11.8 Å². The third kappa shape index (κ3) is 4.40. The molecule has 4 aliphatic rings. The molecule has 4 aromatic carbocycles. The standard InChI is InChI=1S/C15H8BrS.C15H10Br.2ClH.Zr/c16-13-7-8-14-12-6-5-11(15(12)13)9-1-3-10(17-14)4-2-9;16-14-8-4-7-12-9-10-13(15(12)14)11-5-2-1-3-6-11;;;/h1-4,6-8,11H;1-9,13H;2*1H;/q;;;;+2/p-2. The minimum atomic E-state index is -1.07. The summed E-state index contributed by atoms with van der Waals surface area (Å²) in [6, 6.07) is 31.5. The van der Waals surface area contributed by atoms with Gasteiger partial charge in [0, 0.05) is 0 Å². The summed E-state index contributed by atoms with van der Waals surface area (Å²) in [7, 11) is 0. The Kier molecular flexibility index (Phi) is 7.96. The van der Waals surface area contributed by atoms with Crippen LogP contribution >= 0.6 is 43.6 Å². The number of rotatable bonds is 3. The van der Waals surface area contributed by atoms with Gasteiger partial charge in [0.2, 0.25) is 0 Å². The number of hydrogen-bond acceptors (Lipinski definition) is 1. The fraction of sp³-hybridized carbons (Fsp3) is 0.0667. The maximum atomic E-state index is 3.92. The largest absolute Gasteiger partial charge is 1.00 e. The molecule has 6 heteroatoms. The first kappa shape index (κ1) is 26.7. The van der Waals surface area contributed by atoms with Gasteiger partial charge in [-0.25, -0.2) is 0 Å². The zero-order valence-corrected chi connectivity index (χ0v) is 26.8. The smallest absolute Gasteiger partial charge is 1.00 e. The molecule has 0 nitrogen and oxygen atoms in total. The van der Waals surface area contributed by atoms with Crippen LogP contribution in [0.25, 0.3) is 12.2 Å². The van der Waals surface area contributed by atoms with Gasteiger partial charge in [-0.05, 0) is 0 Å². The molecule has 2 unspecified atom stereocenters. The van der Waals surface area contributed by atoms with Gasteiger partial charge in [0.1, 0.15) is 0 Å². The van der Waals surface area contributed by atoms with Crippen molar-refractivity contribution in [3.05, 3.63) is 134 Å². The second-order valence-electron chi connectivity index (χ2n) is 8.89. The van der Waals surface area contributed by atoms with Crippen molar-refractivity contribution in [3.63, 3.8) is 0 Å². The Morgan fingerprint density at radius 3 is 2.06 bits per heavy atom. The molecule has 4 aromatic rings. The van der Waals surface area contributed by atoms with E-state index in [1.165, 1.54) is 52.1 Å². The van der Waals surface area contributed by atoms with Gasteiger partial charge in [-0.3, -0.25) is 0 Å². The molecule has 0 amide bonds. The molecule has 2 aliphatic heterocycles. The summed E-state index contributed by atoms with van der Waals surface area (Å²) in [5, 5.41) is 0. The summed E-state index contributed by atoms with van der Waals surface area (Å²) in [6.07, 6.45) is 5.06. The summed E-state index contributed by atoms with van der Waals surface area (Å²) < 4.78 is 5.74. The number of halogens is 4. The summed E-state index contributed by atoms with van der Waals surface area (Å²) in [5.74, 6) is 0.698. The van der Waals surface area contributed by atoms with E-state index in [-0.39, 0.29) is 24.8 Å². The molecule has 0 radical (unpaired) electrons. The van der Waals surface area contributed by atoms with Crippen molar-refractivity contribution in [1.29, 1.82) is 0 Å². The molecule has 0 aromatic heterocycles. The van der Waals surface area contributed by atoms with Gasteiger partial charge in [-0.15, -0.1) is 0 Å². The van der Waals surface area contributed by atoms with Gasteiger partial charge in [0.05, 0.1) is 0 Å². The zero-order valence-electron chi connectivity index (χ0n) is 18.8. The molecule has 0 N–H and O–H groups in total. The second-order valence-corrected chi connectivity index (χ2v) is 15.2. The Morgan fingerprint density at radius 2 is 1.28 bits per heavy atom. The topological polar surface area (TPSA) is 0 Å². The molecule has 0 saturated heterocycles. The first-order chi connectivity index (χ1) is 16.7. The van der Waals surface area contributed by atoms with Gasteiger partial charge < -0.3 is 24.8 Å². The van der Waals surface area contributed by atoms with Crippen LogP contribution in [-0.2, 0) is 23.2 Å². The number of fused-ring (bicyclic) bond motifs is 3. The maximum absolute atomic E-state index is 3.92. The summed E-state index contributed by atoms with van der Waals surface area (Å²) >= 11 is 8.62. The average molecular weight is 732 g/mol. The van der Waals surface area contributed by atoms with E-state index in [4.69, 9.17) is 0 Å². The predicted octanol–water partition coefficient (Wildman–Crippen LogP) is 3.44. The van der Waals surface area contributed by atoms with Crippen LogP contribution in [0.3, 0.4) is 0 Å². The van der Waals surface area contributed by atoms with Crippen LogP contribution < -0.4 is 24.8 Å². The van der Waals surface area contributed by atoms with E-state index in [0.717, 1.165) is 0 Å². The van der Waals surface area contributed by atoms with Crippen molar-refractivity contribution in [2.75, 3.05) is 0 Å². The molecule has 2 atom stereocenters. The molecule has 2 aliphatic carbocycles. The normalized spacial score (nSPS) is 17.9. The van der Waals surface area contributed by atoms with Crippen molar-refractivity contribution >= 4 is 55.8 Å². The van der Waals surface area contributed by atoms with Crippen LogP contribution in [0.5, 0.6) is 0 Å². The summed E-state index contributed by atoms with van der Waals surface area (Å²) in [5.41, 5.74) is 8.51. The fourth-order valence-electron chi connectivity index (χ4n) is 5.48. The quantitative estimate of drug-likeness (QED) is 0.312. The average Bonchev–Trinajstić information content (AvgIpc) is 3.43. The number of benzene rings is 4. The zero-order chi connectivity index (χ0) is 22.8. The van der Waals surface area contributed by atoms with E-state index in [1.54, 1.807) is 6.56 Å². The molecule has 0 spiro atoms. The number of hydrogen-bond donors (Lipinski definition) is 0. The van der Waals surface area contributed by atoms with Crippen molar-refractivity contribution in [2.24, 2.45) is 0 Å². The van der Waals surface area contributed by atoms with Crippen LogP contribution in [0.4, 0.5) is 0 Å².